The molecule has 0 radical (unpaired) electrons. The summed E-state index contributed by atoms with van der Waals surface area (Å²) >= 11 is 5.89. The van der Waals surface area contributed by atoms with Gasteiger partial charge in [0, 0.05) is 5.02 Å². The SMILES string of the molecule is O=C(N/N=C\c1ccc(Cl)cc1)c1ccccc1N(Cc1ccccc1)S(=O)(=O)c1ccccc1. The molecule has 0 aromatic heterocycles. The van der Waals surface area contributed by atoms with E-state index >= 15 is 0 Å². The molecule has 4 rings (SSSR count). The molecule has 4 aromatic carbocycles. The smallest absolute Gasteiger partial charge is 0.267 e. The molecule has 0 atom stereocenters. The number of halogens is 1. The zero-order valence-electron chi connectivity index (χ0n) is 18.6. The van der Waals surface area contributed by atoms with E-state index in [4.69, 9.17) is 11.6 Å². The summed E-state index contributed by atoms with van der Waals surface area (Å²) in [5, 5.41) is 4.61. The van der Waals surface area contributed by atoms with Crippen LogP contribution in [0.4, 0.5) is 5.69 Å². The Morgan fingerprint density at radius 1 is 0.829 bits per heavy atom. The second kappa shape index (κ2) is 11.0. The quantitative estimate of drug-likeness (QED) is 0.255. The van der Waals surface area contributed by atoms with Gasteiger partial charge in [-0.15, -0.1) is 0 Å². The van der Waals surface area contributed by atoms with E-state index in [1.54, 1.807) is 66.7 Å². The predicted octanol–water partition coefficient (Wildman–Crippen LogP) is 5.50. The Morgan fingerprint density at radius 2 is 1.43 bits per heavy atom. The van der Waals surface area contributed by atoms with Crippen molar-refractivity contribution in [3.63, 3.8) is 0 Å². The maximum atomic E-state index is 13.7. The number of para-hydroxylation sites is 1. The largest absolute Gasteiger partial charge is 0.273 e. The highest BCUT2D eigenvalue weighted by atomic mass is 35.5. The number of rotatable bonds is 8. The fourth-order valence-electron chi connectivity index (χ4n) is 3.43. The molecule has 0 spiro atoms. The molecule has 4 aromatic rings. The lowest BCUT2D eigenvalue weighted by Crippen LogP contribution is -2.33. The van der Waals surface area contributed by atoms with E-state index < -0.39 is 15.9 Å². The summed E-state index contributed by atoms with van der Waals surface area (Å²) in [6, 6.07) is 30.9. The molecule has 1 N–H and O–H groups in total. The van der Waals surface area contributed by atoms with Gasteiger partial charge < -0.3 is 0 Å². The normalized spacial score (nSPS) is 11.3. The van der Waals surface area contributed by atoms with E-state index in [1.165, 1.54) is 22.7 Å². The number of amides is 1. The molecule has 8 heteroatoms. The number of nitrogens with zero attached hydrogens (tertiary/aromatic N) is 2. The summed E-state index contributed by atoms with van der Waals surface area (Å²) in [7, 11) is -3.97. The average Bonchev–Trinajstić information content (AvgIpc) is 2.89. The van der Waals surface area contributed by atoms with Gasteiger partial charge in [0.1, 0.15) is 0 Å². The zero-order valence-corrected chi connectivity index (χ0v) is 20.2. The molecule has 0 aliphatic heterocycles. The van der Waals surface area contributed by atoms with Gasteiger partial charge in [-0.05, 0) is 47.5 Å². The Morgan fingerprint density at radius 3 is 2.11 bits per heavy atom. The first kappa shape index (κ1) is 24.2. The van der Waals surface area contributed by atoms with Crippen LogP contribution in [0.15, 0.2) is 119 Å². The number of hydrogen-bond donors (Lipinski definition) is 1. The van der Waals surface area contributed by atoms with Crippen molar-refractivity contribution in [3.05, 3.63) is 131 Å². The van der Waals surface area contributed by atoms with Gasteiger partial charge in [0.15, 0.2) is 0 Å². The van der Waals surface area contributed by atoms with E-state index in [0.29, 0.717) is 5.02 Å². The van der Waals surface area contributed by atoms with Crippen LogP contribution in [0.3, 0.4) is 0 Å². The zero-order chi connectivity index (χ0) is 24.7. The highest BCUT2D eigenvalue weighted by Crippen LogP contribution is 2.29. The standard InChI is InChI=1S/C27H22ClN3O3S/c28-23-17-15-21(16-18-23)19-29-30-27(32)25-13-7-8-14-26(25)31(20-22-9-3-1-4-10-22)35(33,34)24-11-5-2-6-12-24/h1-19H,20H2,(H,30,32)/b29-19-. The molecule has 35 heavy (non-hydrogen) atoms. The maximum absolute atomic E-state index is 13.7. The lowest BCUT2D eigenvalue weighted by molar-refractivity contribution is 0.0956. The minimum atomic E-state index is -3.97. The van der Waals surface area contributed by atoms with E-state index in [2.05, 4.69) is 10.5 Å². The summed E-state index contributed by atoms with van der Waals surface area (Å²) in [5.41, 5.74) is 4.45. The van der Waals surface area contributed by atoms with E-state index in [1.807, 2.05) is 30.3 Å². The van der Waals surface area contributed by atoms with Crippen LogP contribution in [0.5, 0.6) is 0 Å². The van der Waals surface area contributed by atoms with Gasteiger partial charge in [-0.1, -0.05) is 84.4 Å². The van der Waals surface area contributed by atoms with Crippen molar-refractivity contribution in [2.24, 2.45) is 5.10 Å². The van der Waals surface area contributed by atoms with Gasteiger partial charge in [0.05, 0.1) is 28.9 Å². The molecule has 0 saturated carbocycles. The van der Waals surface area contributed by atoms with Crippen molar-refractivity contribution in [1.29, 1.82) is 0 Å². The van der Waals surface area contributed by atoms with Crippen LogP contribution >= 0.6 is 11.6 Å². The number of nitrogens with one attached hydrogen (secondary N) is 1. The molecule has 1 amide bonds. The van der Waals surface area contributed by atoms with Crippen LogP contribution in [-0.4, -0.2) is 20.5 Å². The van der Waals surface area contributed by atoms with Crippen molar-refractivity contribution >= 4 is 39.4 Å². The fourth-order valence-corrected chi connectivity index (χ4v) is 5.04. The topological polar surface area (TPSA) is 78.8 Å². The summed E-state index contributed by atoms with van der Waals surface area (Å²) in [5.74, 6) is -0.535. The van der Waals surface area contributed by atoms with Gasteiger partial charge in [0.25, 0.3) is 15.9 Å². The number of carbonyl (C=O) groups excluding carboxylic acids is 1. The number of anilines is 1. The van der Waals surface area contributed by atoms with Crippen molar-refractivity contribution in [2.75, 3.05) is 4.31 Å². The highest BCUT2D eigenvalue weighted by molar-refractivity contribution is 7.92. The minimum absolute atomic E-state index is 0.0520. The van der Waals surface area contributed by atoms with Crippen LogP contribution in [0.2, 0.25) is 5.02 Å². The van der Waals surface area contributed by atoms with Crippen molar-refractivity contribution in [3.8, 4) is 0 Å². The van der Waals surface area contributed by atoms with Gasteiger partial charge in [-0.2, -0.15) is 5.10 Å². The molecular weight excluding hydrogens is 482 g/mol. The lowest BCUT2D eigenvalue weighted by Gasteiger charge is -2.26. The van der Waals surface area contributed by atoms with Crippen molar-refractivity contribution in [2.45, 2.75) is 11.4 Å². The fraction of sp³-hybridized carbons (Fsp3) is 0.0370. The number of sulfonamides is 1. The second-order valence-electron chi connectivity index (χ2n) is 7.58. The second-order valence-corrected chi connectivity index (χ2v) is 9.88. The Labute approximate surface area is 209 Å². The van der Waals surface area contributed by atoms with Gasteiger partial charge >= 0.3 is 0 Å². The maximum Gasteiger partial charge on any atom is 0.273 e. The molecule has 0 fully saturated rings. The van der Waals surface area contributed by atoms with Crippen molar-refractivity contribution < 1.29 is 13.2 Å². The third-order valence-corrected chi connectivity index (χ3v) is 7.19. The van der Waals surface area contributed by atoms with E-state index in [9.17, 15) is 13.2 Å². The van der Waals surface area contributed by atoms with Gasteiger partial charge in [-0.3, -0.25) is 9.10 Å². The summed E-state index contributed by atoms with van der Waals surface area (Å²) < 4.78 is 28.6. The molecule has 0 aliphatic carbocycles. The summed E-state index contributed by atoms with van der Waals surface area (Å²) in [4.78, 5) is 13.2. The lowest BCUT2D eigenvalue weighted by atomic mass is 10.1. The number of benzene rings is 4. The van der Waals surface area contributed by atoms with E-state index in [-0.39, 0.29) is 22.7 Å². The van der Waals surface area contributed by atoms with Crippen molar-refractivity contribution in [1.82, 2.24) is 5.43 Å². The highest BCUT2D eigenvalue weighted by Gasteiger charge is 2.28. The molecule has 0 saturated heterocycles. The van der Waals surface area contributed by atoms with Crippen LogP contribution in [0.1, 0.15) is 21.5 Å². The van der Waals surface area contributed by atoms with Crippen LogP contribution < -0.4 is 9.73 Å². The first-order valence-corrected chi connectivity index (χ1v) is 12.6. The first-order chi connectivity index (χ1) is 16.9. The number of carbonyl (C=O) groups is 1. The van der Waals surface area contributed by atoms with Gasteiger partial charge in [0.2, 0.25) is 0 Å². The Bertz CT molecular complexity index is 1430. The van der Waals surface area contributed by atoms with Crippen LogP contribution in [0, 0.1) is 0 Å². The number of hydrazone groups is 1. The molecule has 176 valence electrons. The third-order valence-electron chi connectivity index (χ3n) is 5.17. The molecule has 0 heterocycles. The minimum Gasteiger partial charge on any atom is -0.267 e. The monoisotopic (exact) mass is 503 g/mol. The summed E-state index contributed by atoms with van der Waals surface area (Å²) in [6.45, 7) is 0.0520. The molecular formula is C27H22ClN3O3S. The molecule has 6 nitrogen and oxygen atoms in total. The molecule has 0 aliphatic rings. The Hall–Kier alpha value is -3.94. The van der Waals surface area contributed by atoms with E-state index in [0.717, 1.165) is 11.1 Å². The third kappa shape index (κ3) is 5.95. The molecule has 0 unspecified atom stereocenters. The van der Waals surface area contributed by atoms with Crippen LogP contribution in [-0.2, 0) is 16.6 Å². The Balaban J connectivity index is 1.69. The van der Waals surface area contributed by atoms with Crippen LogP contribution in [0.25, 0.3) is 0 Å². The Kier molecular flexibility index (Phi) is 7.60. The number of hydrogen-bond acceptors (Lipinski definition) is 4. The van der Waals surface area contributed by atoms with Gasteiger partial charge in [-0.25, -0.2) is 13.8 Å². The molecule has 0 bridgehead atoms. The average molecular weight is 504 g/mol. The first-order valence-electron chi connectivity index (χ1n) is 10.7. The summed E-state index contributed by atoms with van der Waals surface area (Å²) in [6.07, 6.45) is 1.49. The predicted molar refractivity (Wildman–Crippen MR) is 139 cm³/mol.